The average molecular weight is 319 g/mol. The number of carbonyl (C=O) groups is 1. The maximum absolute atomic E-state index is 11.8. The van der Waals surface area contributed by atoms with Gasteiger partial charge in [0, 0.05) is 5.41 Å². The normalized spacial score (nSPS) is 29.3. The van der Waals surface area contributed by atoms with Crippen LogP contribution in [0.15, 0.2) is 18.2 Å². The number of likely N-dealkylation sites (tertiary alicyclic amines) is 1. The number of ether oxygens (including phenoxy) is 1. The maximum Gasteiger partial charge on any atom is 0.313 e. The predicted molar refractivity (Wildman–Crippen MR) is 86.2 cm³/mol. The van der Waals surface area contributed by atoms with Gasteiger partial charge >= 0.3 is 5.97 Å². The van der Waals surface area contributed by atoms with Gasteiger partial charge in [-0.2, -0.15) is 0 Å². The molecule has 0 amide bonds. The molecular formula is C18H25NO4. The summed E-state index contributed by atoms with van der Waals surface area (Å²) >= 11 is 0. The fourth-order valence-corrected chi connectivity index (χ4v) is 3.80. The van der Waals surface area contributed by atoms with Gasteiger partial charge in [-0.3, -0.25) is 9.69 Å². The zero-order valence-corrected chi connectivity index (χ0v) is 14.2. The highest BCUT2D eigenvalue weighted by atomic mass is 16.5. The van der Waals surface area contributed by atoms with Crippen molar-refractivity contribution in [2.75, 3.05) is 13.6 Å². The van der Waals surface area contributed by atoms with E-state index in [2.05, 4.69) is 0 Å². The monoisotopic (exact) mass is 319 g/mol. The SMILES string of the molecule is CC(C)C(=O)Oc1ccc2c(c1)C1(C)CCN(C)C(C2)C1(O)O. The summed E-state index contributed by atoms with van der Waals surface area (Å²) in [6, 6.07) is 5.22. The lowest BCUT2D eigenvalue weighted by molar-refractivity contribution is -0.270. The molecule has 0 radical (unpaired) electrons. The van der Waals surface area contributed by atoms with Crippen LogP contribution in [-0.4, -0.2) is 46.5 Å². The van der Waals surface area contributed by atoms with Gasteiger partial charge in [0.2, 0.25) is 0 Å². The van der Waals surface area contributed by atoms with Crippen molar-refractivity contribution in [1.82, 2.24) is 4.90 Å². The van der Waals surface area contributed by atoms with E-state index in [1.54, 1.807) is 26.0 Å². The first-order valence-electron chi connectivity index (χ1n) is 8.17. The van der Waals surface area contributed by atoms with Crippen LogP contribution in [0.1, 0.15) is 38.3 Å². The molecule has 1 saturated heterocycles. The van der Waals surface area contributed by atoms with Gasteiger partial charge in [-0.05, 0) is 49.7 Å². The number of hydrogen-bond donors (Lipinski definition) is 2. The van der Waals surface area contributed by atoms with E-state index in [0.29, 0.717) is 18.6 Å². The lowest BCUT2D eigenvalue weighted by Gasteiger charge is -2.57. The topological polar surface area (TPSA) is 70.0 Å². The summed E-state index contributed by atoms with van der Waals surface area (Å²) in [5.74, 6) is -1.82. The Morgan fingerprint density at radius 2 is 2.09 bits per heavy atom. The van der Waals surface area contributed by atoms with Gasteiger partial charge in [-0.1, -0.05) is 26.8 Å². The van der Waals surface area contributed by atoms with E-state index in [9.17, 15) is 15.0 Å². The predicted octanol–water partition coefficient (Wildman–Crippen LogP) is 1.45. The van der Waals surface area contributed by atoms with Crippen LogP contribution in [0.2, 0.25) is 0 Å². The smallest absolute Gasteiger partial charge is 0.313 e. The minimum atomic E-state index is -1.80. The number of esters is 1. The highest BCUT2D eigenvalue weighted by Gasteiger charge is 2.59. The Hall–Kier alpha value is -1.43. The van der Waals surface area contributed by atoms with E-state index in [1.807, 2.05) is 24.9 Å². The van der Waals surface area contributed by atoms with Gasteiger partial charge < -0.3 is 14.9 Å². The molecule has 1 heterocycles. The second-order valence-corrected chi connectivity index (χ2v) is 7.40. The van der Waals surface area contributed by atoms with Crippen LogP contribution in [-0.2, 0) is 16.6 Å². The summed E-state index contributed by atoms with van der Waals surface area (Å²) < 4.78 is 5.40. The average Bonchev–Trinajstić information content (AvgIpc) is 2.47. The zero-order chi connectivity index (χ0) is 17.0. The van der Waals surface area contributed by atoms with Crippen molar-refractivity contribution in [3.8, 4) is 5.75 Å². The molecule has 2 bridgehead atoms. The third kappa shape index (κ3) is 2.38. The number of rotatable bonds is 2. The first-order chi connectivity index (χ1) is 10.7. The molecule has 0 saturated carbocycles. The van der Waals surface area contributed by atoms with Crippen molar-refractivity contribution in [3.05, 3.63) is 29.3 Å². The first kappa shape index (κ1) is 16.4. The Labute approximate surface area is 136 Å². The lowest BCUT2D eigenvalue weighted by Crippen LogP contribution is -2.69. The fraction of sp³-hybridized carbons (Fsp3) is 0.611. The second kappa shape index (κ2) is 5.30. The molecule has 0 spiro atoms. The molecule has 1 fully saturated rings. The number of piperidine rings is 1. The first-order valence-corrected chi connectivity index (χ1v) is 8.17. The molecule has 2 N–H and O–H groups in total. The largest absolute Gasteiger partial charge is 0.426 e. The standard InChI is InChI=1S/C18H25NO4/c1-11(2)16(20)23-13-6-5-12-9-15-18(21,22)17(3,14(12)10-13)7-8-19(15)4/h5-6,10-11,15,21-22H,7-9H2,1-4H3. The van der Waals surface area contributed by atoms with E-state index in [-0.39, 0.29) is 17.9 Å². The van der Waals surface area contributed by atoms with Crippen LogP contribution >= 0.6 is 0 Å². The van der Waals surface area contributed by atoms with Crippen LogP contribution in [0.3, 0.4) is 0 Å². The molecule has 5 heteroatoms. The minimum absolute atomic E-state index is 0.205. The minimum Gasteiger partial charge on any atom is -0.426 e. The number of aliphatic hydroxyl groups is 2. The summed E-state index contributed by atoms with van der Waals surface area (Å²) in [5.41, 5.74) is 1.20. The molecule has 1 aliphatic heterocycles. The Kier molecular flexibility index (Phi) is 3.78. The van der Waals surface area contributed by atoms with Crippen molar-refractivity contribution in [1.29, 1.82) is 0 Å². The van der Waals surface area contributed by atoms with E-state index >= 15 is 0 Å². The summed E-state index contributed by atoms with van der Waals surface area (Å²) in [7, 11) is 1.93. The van der Waals surface area contributed by atoms with Gasteiger partial charge in [0.1, 0.15) is 5.75 Å². The van der Waals surface area contributed by atoms with Crippen LogP contribution in [0.5, 0.6) is 5.75 Å². The summed E-state index contributed by atoms with van der Waals surface area (Å²) in [4.78, 5) is 13.8. The third-order valence-corrected chi connectivity index (χ3v) is 5.55. The van der Waals surface area contributed by atoms with Crippen molar-refractivity contribution < 1.29 is 19.7 Å². The summed E-state index contributed by atoms with van der Waals surface area (Å²) in [6.45, 7) is 6.27. The maximum atomic E-state index is 11.8. The lowest BCUT2D eigenvalue weighted by atomic mass is 9.61. The van der Waals surface area contributed by atoms with E-state index < -0.39 is 11.2 Å². The van der Waals surface area contributed by atoms with Gasteiger partial charge in [-0.15, -0.1) is 0 Å². The van der Waals surface area contributed by atoms with Gasteiger partial charge in [0.15, 0.2) is 5.79 Å². The number of fused-ring (bicyclic) bond motifs is 4. The van der Waals surface area contributed by atoms with E-state index in [1.165, 1.54) is 0 Å². The Morgan fingerprint density at radius 3 is 2.74 bits per heavy atom. The van der Waals surface area contributed by atoms with Gasteiger partial charge in [0.05, 0.1) is 12.0 Å². The number of benzene rings is 1. The van der Waals surface area contributed by atoms with Crippen molar-refractivity contribution in [3.63, 3.8) is 0 Å². The highest BCUT2D eigenvalue weighted by molar-refractivity contribution is 5.74. The molecule has 1 aromatic carbocycles. The number of carbonyl (C=O) groups excluding carboxylic acids is 1. The second-order valence-electron chi connectivity index (χ2n) is 7.40. The fourth-order valence-electron chi connectivity index (χ4n) is 3.80. The van der Waals surface area contributed by atoms with Crippen LogP contribution in [0.25, 0.3) is 0 Å². The van der Waals surface area contributed by atoms with Gasteiger partial charge in [-0.25, -0.2) is 0 Å². The van der Waals surface area contributed by atoms with Crippen LogP contribution < -0.4 is 4.74 Å². The number of hydrogen-bond acceptors (Lipinski definition) is 5. The van der Waals surface area contributed by atoms with Crippen molar-refractivity contribution in [2.45, 2.75) is 50.9 Å². The molecule has 23 heavy (non-hydrogen) atoms. The molecule has 2 aliphatic rings. The van der Waals surface area contributed by atoms with Crippen molar-refractivity contribution in [2.24, 2.45) is 5.92 Å². The summed E-state index contributed by atoms with van der Waals surface area (Å²) in [5, 5.41) is 21.6. The number of nitrogens with zero attached hydrogens (tertiary/aromatic N) is 1. The molecule has 2 atom stereocenters. The van der Waals surface area contributed by atoms with Crippen LogP contribution in [0.4, 0.5) is 0 Å². The molecule has 5 nitrogen and oxygen atoms in total. The van der Waals surface area contributed by atoms with E-state index in [0.717, 1.165) is 17.7 Å². The molecular weight excluding hydrogens is 294 g/mol. The Morgan fingerprint density at radius 1 is 1.39 bits per heavy atom. The molecule has 1 aromatic rings. The molecule has 1 aliphatic carbocycles. The van der Waals surface area contributed by atoms with E-state index in [4.69, 9.17) is 4.74 Å². The van der Waals surface area contributed by atoms with Crippen LogP contribution in [0, 0.1) is 5.92 Å². The molecule has 2 unspecified atom stereocenters. The highest BCUT2D eigenvalue weighted by Crippen LogP contribution is 2.50. The molecule has 0 aromatic heterocycles. The third-order valence-electron chi connectivity index (χ3n) is 5.55. The molecule has 126 valence electrons. The van der Waals surface area contributed by atoms with Crippen molar-refractivity contribution >= 4 is 5.97 Å². The number of likely N-dealkylation sites (N-methyl/N-ethyl adjacent to an activating group) is 1. The zero-order valence-electron chi connectivity index (χ0n) is 14.2. The van der Waals surface area contributed by atoms with Gasteiger partial charge in [0.25, 0.3) is 0 Å². The molecule has 3 rings (SSSR count). The Bertz CT molecular complexity index is 640. The Balaban J connectivity index is 2.03. The quantitative estimate of drug-likeness (QED) is 0.490. The summed E-state index contributed by atoms with van der Waals surface area (Å²) in [6.07, 6.45) is 1.22.